The molecule has 0 aliphatic carbocycles. The molecule has 0 unspecified atom stereocenters. The van der Waals surface area contributed by atoms with Gasteiger partial charge in [0.15, 0.2) is 0 Å². The quantitative estimate of drug-likeness (QED) is 0.702. The molecule has 0 bridgehead atoms. The molecule has 0 radical (unpaired) electrons. The van der Waals surface area contributed by atoms with Gasteiger partial charge in [-0.05, 0) is 51.6 Å². The molecule has 16 heavy (non-hydrogen) atoms. The van der Waals surface area contributed by atoms with E-state index in [-0.39, 0.29) is 0 Å². The predicted octanol–water partition coefficient (Wildman–Crippen LogP) is 1.53. The van der Waals surface area contributed by atoms with Crippen molar-refractivity contribution in [2.24, 2.45) is 0 Å². The molecule has 0 atom stereocenters. The maximum absolute atomic E-state index is 4.15. The lowest BCUT2D eigenvalue weighted by molar-refractivity contribution is 0.394. The maximum atomic E-state index is 4.15. The first-order valence-electron chi connectivity index (χ1n) is 5.89. The van der Waals surface area contributed by atoms with Crippen LogP contribution in [-0.4, -0.2) is 41.7 Å². The van der Waals surface area contributed by atoms with E-state index in [4.69, 9.17) is 0 Å². The van der Waals surface area contributed by atoms with E-state index in [0.717, 1.165) is 32.5 Å². The van der Waals surface area contributed by atoms with E-state index in [1.165, 1.54) is 28.5 Å². The van der Waals surface area contributed by atoms with Gasteiger partial charge in [0, 0.05) is 6.54 Å². The Morgan fingerprint density at radius 2 is 2.19 bits per heavy atom. The van der Waals surface area contributed by atoms with Crippen LogP contribution in [0.3, 0.4) is 0 Å². The second kappa shape index (κ2) is 7.70. The van der Waals surface area contributed by atoms with E-state index in [1.54, 1.807) is 0 Å². The zero-order chi connectivity index (χ0) is 11.8. The molecule has 0 aliphatic heterocycles. The molecule has 0 saturated carbocycles. The van der Waals surface area contributed by atoms with Crippen molar-refractivity contribution in [2.45, 2.75) is 32.7 Å². The third-order valence-electron chi connectivity index (χ3n) is 2.37. The van der Waals surface area contributed by atoms with Crippen LogP contribution < -0.4 is 5.32 Å². The van der Waals surface area contributed by atoms with E-state index < -0.39 is 0 Å². The number of hydrogen-bond acceptors (Lipinski definition) is 5. The summed E-state index contributed by atoms with van der Waals surface area (Å²) >= 11 is 1.52. The molecule has 5 heteroatoms. The lowest BCUT2D eigenvalue weighted by atomic mass is 10.2. The summed E-state index contributed by atoms with van der Waals surface area (Å²) in [5.74, 6) is 0. The van der Waals surface area contributed by atoms with E-state index in [9.17, 15) is 0 Å². The summed E-state index contributed by atoms with van der Waals surface area (Å²) in [6.45, 7) is 5.28. The zero-order valence-corrected chi connectivity index (χ0v) is 11.3. The number of hydrogen-bond donors (Lipinski definition) is 1. The van der Waals surface area contributed by atoms with Crippen LogP contribution in [0.2, 0.25) is 0 Å². The van der Waals surface area contributed by atoms with Gasteiger partial charge in [0.1, 0.15) is 0 Å². The van der Waals surface area contributed by atoms with Crippen molar-refractivity contribution < 1.29 is 0 Å². The van der Waals surface area contributed by atoms with Gasteiger partial charge in [0.05, 0.1) is 10.6 Å². The average molecular weight is 242 g/mol. The van der Waals surface area contributed by atoms with Crippen molar-refractivity contribution in [3.8, 4) is 0 Å². The Balaban J connectivity index is 2.18. The summed E-state index contributed by atoms with van der Waals surface area (Å²) in [7, 11) is 4.21. The SMILES string of the molecule is CCCc1nnsc1CNCCCN(C)C. The fourth-order valence-electron chi connectivity index (χ4n) is 1.51. The Kier molecular flexibility index (Phi) is 6.52. The first-order chi connectivity index (χ1) is 7.74. The first kappa shape index (κ1) is 13.5. The summed E-state index contributed by atoms with van der Waals surface area (Å²) < 4.78 is 4.01. The second-order valence-electron chi connectivity index (χ2n) is 4.23. The summed E-state index contributed by atoms with van der Waals surface area (Å²) in [4.78, 5) is 3.50. The highest BCUT2D eigenvalue weighted by atomic mass is 32.1. The highest BCUT2D eigenvalue weighted by Crippen LogP contribution is 2.11. The molecule has 1 rings (SSSR count). The van der Waals surface area contributed by atoms with Gasteiger partial charge >= 0.3 is 0 Å². The van der Waals surface area contributed by atoms with Crippen LogP contribution in [0, 0.1) is 0 Å². The van der Waals surface area contributed by atoms with E-state index in [2.05, 4.69) is 40.8 Å². The number of nitrogens with one attached hydrogen (secondary N) is 1. The minimum atomic E-state index is 0.917. The zero-order valence-electron chi connectivity index (χ0n) is 10.5. The van der Waals surface area contributed by atoms with Crippen LogP contribution in [-0.2, 0) is 13.0 Å². The highest BCUT2D eigenvalue weighted by Gasteiger charge is 2.05. The van der Waals surface area contributed by atoms with Gasteiger partial charge in [-0.25, -0.2) is 0 Å². The summed E-state index contributed by atoms with van der Waals surface area (Å²) in [5, 5.41) is 7.60. The fourth-order valence-corrected chi connectivity index (χ4v) is 2.16. The molecule has 1 aromatic heterocycles. The van der Waals surface area contributed by atoms with Gasteiger partial charge in [-0.15, -0.1) is 5.10 Å². The van der Waals surface area contributed by atoms with Crippen molar-refractivity contribution >= 4 is 11.5 Å². The van der Waals surface area contributed by atoms with Crippen LogP contribution in [0.1, 0.15) is 30.3 Å². The molecule has 0 saturated heterocycles. The topological polar surface area (TPSA) is 41.1 Å². The predicted molar refractivity (Wildman–Crippen MR) is 68.8 cm³/mol. The molecule has 0 spiro atoms. The van der Waals surface area contributed by atoms with Crippen LogP contribution in [0.5, 0.6) is 0 Å². The van der Waals surface area contributed by atoms with Crippen molar-refractivity contribution in [3.05, 3.63) is 10.6 Å². The van der Waals surface area contributed by atoms with Gasteiger partial charge in [0.2, 0.25) is 0 Å². The monoisotopic (exact) mass is 242 g/mol. The van der Waals surface area contributed by atoms with Crippen molar-refractivity contribution in [1.29, 1.82) is 0 Å². The molecule has 4 nitrogen and oxygen atoms in total. The summed E-state index contributed by atoms with van der Waals surface area (Å²) in [6.07, 6.45) is 3.37. The average Bonchev–Trinajstić information content (AvgIpc) is 2.65. The number of aryl methyl sites for hydroxylation is 1. The van der Waals surface area contributed by atoms with Gasteiger partial charge in [-0.3, -0.25) is 0 Å². The Labute approximate surface area is 102 Å². The van der Waals surface area contributed by atoms with E-state index in [0.29, 0.717) is 0 Å². The number of aromatic nitrogens is 2. The highest BCUT2D eigenvalue weighted by molar-refractivity contribution is 7.05. The molecular formula is C11H22N4S. The van der Waals surface area contributed by atoms with Crippen molar-refractivity contribution in [3.63, 3.8) is 0 Å². The van der Waals surface area contributed by atoms with Crippen molar-refractivity contribution in [1.82, 2.24) is 19.8 Å². The van der Waals surface area contributed by atoms with Gasteiger partial charge in [-0.2, -0.15) is 0 Å². The molecule has 1 heterocycles. The largest absolute Gasteiger partial charge is 0.312 e. The van der Waals surface area contributed by atoms with Crippen LogP contribution in [0.15, 0.2) is 0 Å². The second-order valence-corrected chi connectivity index (χ2v) is 5.07. The number of nitrogens with zero attached hydrogens (tertiary/aromatic N) is 3. The van der Waals surface area contributed by atoms with Gasteiger partial charge < -0.3 is 10.2 Å². The Morgan fingerprint density at radius 1 is 1.38 bits per heavy atom. The molecular weight excluding hydrogens is 220 g/mol. The van der Waals surface area contributed by atoms with Gasteiger partial charge in [0.25, 0.3) is 0 Å². The smallest absolute Gasteiger partial charge is 0.0800 e. The van der Waals surface area contributed by atoms with Crippen LogP contribution >= 0.6 is 11.5 Å². The molecule has 0 aromatic carbocycles. The third-order valence-corrected chi connectivity index (χ3v) is 3.13. The minimum Gasteiger partial charge on any atom is -0.312 e. The summed E-state index contributed by atoms with van der Waals surface area (Å²) in [5.41, 5.74) is 1.17. The maximum Gasteiger partial charge on any atom is 0.0800 e. The third kappa shape index (κ3) is 5.01. The molecule has 1 aromatic rings. The molecule has 0 aliphatic rings. The standard InChI is InChI=1S/C11H22N4S/c1-4-6-10-11(16-14-13-10)9-12-7-5-8-15(2)3/h12H,4-9H2,1-3H3. The van der Waals surface area contributed by atoms with E-state index >= 15 is 0 Å². The molecule has 0 fully saturated rings. The van der Waals surface area contributed by atoms with Crippen LogP contribution in [0.25, 0.3) is 0 Å². The van der Waals surface area contributed by atoms with E-state index in [1.807, 2.05) is 0 Å². The van der Waals surface area contributed by atoms with Gasteiger partial charge in [-0.1, -0.05) is 17.8 Å². The lowest BCUT2D eigenvalue weighted by Crippen LogP contribution is -2.21. The molecule has 92 valence electrons. The normalized spacial score (nSPS) is 11.2. The Bertz CT molecular complexity index is 285. The molecule has 1 N–H and O–H groups in total. The first-order valence-corrected chi connectivity index (χ1v) is 6.67. The lowest BCUT2D eigenvalue weighted by Gasteiger charge is -2.09. The number of rotatable bonds is 8. The van der Waals surface area contributed by atoms with Crippen molar-refractivity contribution in [2.75, 3.05) is 27.2 Å². The molecule has 0 amide bonds. The fraction of sp³-hybridized carbons (Fsp3) is 0.818. The Hall–Kier alpha value is -0.520. The van der Waals surface area contributed by atoms with Crippen LogP contribution in [0.4, 0.5) is 0 Å². The summed E-state index contributed by atoms with van der Waals surface area (Å²) in [6, 6.07) is 0. The minimum absolute atomic E-state index is 0.917. The Morgan fingerprint density at radius 3 is 2.88 bits per heavy atom.